The van der Waals surface area contributed by atoms with Crippen LogP contribution in [0.3, 0.4) is 0 Å². The Hall–Kier alpha value is -2.81. The number of hydrogen-bond donors (Lipinski definition) is 0. The van der Waals surface area contributed by atoms with Gasteiger partial charge in [-0.2, -0.15) is 4.98 Å². The monoisotopic (exact) mass is 412 g/mol. The molecule has 1 amide bonds. The highest BCUT2D eigenvalue weighted by Crippen LogP contribution is 2.23. The van der Waals surface area contributed by atoms with Gasteiger partial charge in [0, 0.05) is 43.9 Å². The van der Waals surface area contributed by atoms with E-state index in [2.05, 4.69) is 25.0 Å². The average molecular weight is 413 g/mol. The Morgan fingerprint density at radius 2 is 1.90 bits per heavy atom. The number of hydrogen-bond acceptors (Lipinski definition) is 8. The van der Waals surface area contributed by atoms with Crippen molar-refractivity contribution in [2.75, 3.05) is 31.1 Å². The summed E-state index contributed by atoms with van der Waals surface area (Å²) in [5.41, 5.74) is 1.65. The zero-order valence-electron chi connectivity index (χ0n) is 17.0. The van der Waals surface area contributed by atoms with E-state index < -0.39 is 0 Å². The number of piperazine rings is 1. The van der Waals surface area contributed by atoms with Crippen LogP contribution in [0.2, 0.25) is 0 Å². The number of rotatable bonds is 4. The maximum Gasteiger partial charge on any atom is 0.265 e. The summed E-state index contributed by atoms with van der Waals surface area (Å²) in [4.78, 5) is 31.0. The van der Waals surface area contributed by atoms with Crippen LogP contribution in [-0.2, 0) is 0 Å². The first-order chi connectivity index (χ1) is 13.9. The second kappa shape index (κ2) is 7.90. The lowest BCUT2D eigenvalue weighted by Gasteiger charge is -2.35. The van der Waals surface area contributed by atoms with Gasteiger partial charge in [0.05, 0.1) is 10.7 Å². The molecule has 4 heterocycles. The van der Waals surface area contributed by atoms with E-state index in [0.717, 1.165) is 40.0 Å². The van der Waals surface area contributed by atoms with E-state index in [1.54, 1.807) is 6.20 Å². The van der Waals surface area contributed by atoms with E-state index >= 15 is 0 Å². The van der Waals surface area contributed by atoms with Gasteiger partial charge < -0.3 is 14.3 Å². The van der Waals surface area contributed by atoms with Crippen LogP contribution < -0.4 is 4.90 Å². The van der Waals surface area contributed by atoms with Crippen molar-refractivity contribution in [3.8, 4) is 11.4 Å². The van der Waals surface area contributed by atoms with Gasteiger partial charge >= 0.3 is 0 Å². The smallest absolute Gasteiger partial charge is 0.265 e. The molecule has 1 saturated heterocycles. The molecule has 1 fully saturated rings. The molecule has 1 aliphatic rings. The fourth-order valence-corrected chi connectivity index (χ4v) is 4.19. The number of nitrogens with zero attached hydrogens (tertiary/aromatic N) is 6. The molecule has 0 bridgehead atoms. The molecule has 0 saturated carbocycles. The Morgan fingerprint density at radius 3 is 2.45 bits per heavy atom. The fraction of sp³-hybridized carbons (Fsp3) is 0.450. The molecule has 3 aromatic heterocycles. The number of carbonyl (C=O) groups is 1. The molecular formula is C20H24N6O2S. The third-order valence-corrected chi connectivity index (χ3v) is 5.99. The molecule has 8 nitrogen and oxygen atoms in total. The van der Waals surface area contributed by atoms with Gasteiger partial charge in [-0.3, -0.25) is 4.79 Å². The number of carbonyl (C=O) groups excluding carboxylic acids is 1. The quantitative estimate of drug-likeness (QED) is 0.650. The standard InChI is InChI=1S/C20H24N6O2S/c1-12(2)19-23-18(24-28-19)15-5-6-16(21-11-15)25-7-9-26(10-8-25)20(27)17-13(3)22-14(4)29-17/h5-6,11-12H,7-10H2,1-4H3. The van der Waals surface area contributed by atoms with E-state index in [1.807, 2.05) is 44.7 Å². The number of thiazole rings is 1. The summed E-state index contributed by atoms with van der Waals surface area (Å²) in [5, 5.41) is 4.96. The molecule has 0 aliphatic carbocycles. The highest BCUT2D eigenvalue weighted by atomic mass is 32.1. The number of aromatic nitrogens is 4. The first kappa shape index (κ1) is 19.5. The van der Waals surface area contributed by atoms with E-state index in [-0.39, 0.29) is 11.8 Å². The lowest BCUT2D eigenvalue weighted by Crippen LogP contribution is -2.49. The summed E-state index contributed by atoms with van der Waals surface area (Å²) < 4.78 is 5.27. The van der Waals surface area contributed by atoms with E-state index in [0.29, 0.717) is 24.8 Å². The minimum absolute atomic E-state index is 0.0779. The van der Waals surface area contributed by atoms with Gasteiger partial charge in [0.1, 0.15) is 10.7 Å². The first-order valence-corrected chi connectivity index (χ1v) is 10.5. The van der Waals surface area contributed by atoms with Crippen LogP contribution >= 0.6 is 11.3 Å². The number of anilines is 1. The lowest BCUT2D eigenvalue weighted by molar-refractivity contribution is 0.0750. The number of pyridine rings is 1. The zero-order chi connectivity index (χ0) is 20.5. The van der Waals surface area contributed by atoms with Gasteiger partial charge in [-0.1, -0.05) is 19.0 Å². The van der Waals surface area contributed by atoms with Crippen molar-refractivity contribution in [3.63, 3.8) is 0 Å². The molecule has 152 valence electrons. The van der Waals surface area contributed by atoms with Crippen LogP contribution in [0.4, 0.5) is 5.82 Å². The fourth-order valence-electron chi connectivity index (χ4n) is 3.30. The second-order valence-electron chi connectivity index (χ2n) is 7.44. The molecule has 0 atom stereocenters. The van der Waals surface area contributed by atoms with E-state index in [9.17, 15) is 4.79 Å². The second-order valence-corrected chi connectivity index (χ2v) is 8.65. The number of aryl methyl sites for hydroxylation is 2. The summed E-state index contributed by atoms with van der Waals surface area (Å²) >= 11 is 1.47. The SMILES string of the molecule is Cc1nc(C)c(C(=O)N2CCN(c3ccc(-c4noc(C(C)C)n4)cn3)CC2)s1. The maximum absolute atomic E-state index is 12.8. The van der Waals surface area contributed by atoms with E-state index in [1.165, 1.54) is 11.3 Å². The summed E-state index contributed by atoms with van der Waals surface area (Å²) in [6.07, 6.45) is 1.77. The highest BCUT2D eigenvalue weighted by molar-refractivity contribution is 7.13. The summed E-state index contributed by atoms with van der Waals surface area (Å²) in [6.45, 7) is 10.7. The summed E-state index contributed by atoms with van der Waals surface area (Å²) in [6, 6.07) is 3.92. The Kier molecular flexibility index (Phi) is 5.31. The van der Waals surface area contributed by atoms with Crippen LogP contribution in [0, 0.1) is 13.8 Å². The highest BCUT2D eigenvalue weighted by Gasteiger charge is 2.25. The minimum atomic E-state index is 0.0779. The molecule has 1 aliphatic heterocycles. The Morgan fingerprint density at radius 1 is 1.14 bits per heavy atom. The molecule has 0 N–H and O–H groups in total. The van der Waals surface area contributed by atoms with E-state index in [4.69, 9.17) is 4.52 Å². The molecule has 0 unspecified atom stereocenters. The predicted octanol–water partition coefficient (Wildman–Crippen LogP) is 3.29. The van der Waals surface area contributed by atoms with Crippen molar-refractivity contribution in [3.05, 3.63) is 39.8 Å². The molecule has 4 rings (SSSR count). The molecule has 3 aromatic rings. The topological polar surface area (TPSA) is 88.3 Å². The number of amides is 1. The molecule has 0 aromatic carbocycles. The van der Waals surface area contributed by atoms with Crippen molar-refractivity contribution in [2.45, 2.75) is 33.6 Å². The van der Waals surface area contributed by atoms with Gasteiger partial charge in [0.25, 0.3) is 5.91 Å². The van der Waals surface area contributed by atoms with Crippen LogP contribution in [0.1, 0.15) is 46.0 Å². The third kappa shape index (κ3) is 4.00. The molecule has 9 heteroatoms. The maximum atomic E-state index is 12.8. The van der Waals surface area contributed by atoms with Crippen molar-refractivity contribution < 1.29 is 9.32 Å². The minimum Gasteiger partial charge on any atom is -0.353 e. The van der Waals surface area contributed by atoms with Gasteiger partial charge in [0.2, 0.25) is 11.7 Å². The Balaban J connectivity index is 1.39. The van der Waals surface area contributed by atoms with Crippen LogP contribution in [0.15, 0.2) is 22.9 Å². The molecular weight excluding hydrogens is 388 g/mol. The Bertz CT molecular complexity index is 1000. The predicted molar refractivity (Wildman–Crippen MR) is 111 cm³/mol. The lowest BCUT2D eigenvalue weighted by atomic mass is 10.2. The first-order valence-electron chi connectivity index (χ1n) is 9.70. The van der Waals surface area contributed by atoms with Crippen molar-refractivity contribution in [2.24, 2.45) is 0 Å². The van der Waals surface area contributed by atoms with Crippen LogP contribution in [-0.4, -0.2) is 57.1 Å². The van der Waals surface area contributed by atoms with Gasteiger partial charge in [0.15, 0.2) is 0 Å². The molecule has 0 radical (unpaired) electrons. The zero-order valence-corrected chi connectivity index (χ0v) is 17.9. The van der Waals surface area contributed by atoms with Gasteiger partial charge in [-0.15, -0.1) is 11.3 Å². The molecule has 29 heavy (non-hydrogen) atoms. The Labute approximate surface area is 173 Å². The van der Waals surface area contributed by atoms with Gasteiger partial charge in [-0.25, -0.2) is 9.97 Å². The van der Waals surface area contributed by atoms with Crippen molar-refractivity contribution in [1.82, 2.24) is 25.0 Å². The van der Waals surface area contributed by atoms with Crippen LogP contribution in [0.25, 0.3) is 11.4 Å². The molecule has 0 spiro atoms. The third-order valence-electron chi connectivity index (χ3n) is 4.93. The average Bonchev–Trinajstić information content (AvgIpc) is 3.34. The van der Waals surface area contributed by atoms with Crippen LogP contribution in [0.5, 0.6) is 0 Å². The summed E-state index contributed by atoms with van der Waals surface area (Å²) in [7, 11) is 0. The van der Waals surface area contributed by atoms with Crippen molar-refractivity contribution in [1.29, 1.82) is 0 Å². The summed E-state index contributed by atoms with van der Waals surface area (Å²) in [5.74, 6) is 2.34. The largest absolute Gasteiger partial charge is 0.353 e. The van der Waals surface area contributed by atoms with Gasteiger partial charge in [-0.05, 0) is 26.0 Å². The van der Waals surface area contributed by atoms with Crippen molar-refractivity contribution >= 4 is 23.1 Å². The normalized spacial score (nSPS) is 14.7.